The van der Waals surface area contributed by atoms with E-state index in [1.54, 1.807) is 12.1 Å². The van der Waals surface area contributed by atoms with Gasteiger partial charge in [-0.25, -0.2) is 4.98 Å². The Hall–Kier alpha value is -1.82. The summed E-state index contributed by atoms with van der Waals surface area (Å²) in [5.74, 6) is 1.13. The molecule has 2 heterocycles. The second-order valence-electron chi connectivity index (χ2n) is 3.08. The number of rotatable bonds is 4. The molecule has 2 aromatic rings. The van der Waals surface area contributed by atoms with Crippen molar-refractivity contribution in [1.29, 1.82) is 0 Å². The van der Waals surface area contributed by atoms with Crippen molar-refractivity contribution in [2.45, 2.75) is 6.42 Å². The molecule has 0 radical (unpaired) electrons. The van der Waals surface area contributed by atoms with Gasteiger partial charge in [0.1, 0.15) is 5.15 Å². The summed E-state index contributed by atoms with van der Waals surface area (Å²) in [5.41, 5.74) is 6.26. The third kappa shape index (κ3) is 2.60. The number of nitrogen functional groups attached to an aromatic ring is 1. The lowest BCUT2D eigenvalue weighted by atomic mass is 10.3. The average molecular weight is 240 g/mol. The van der Waals surface area contributed by atoms with Crippen LogP contribution in [0.4, 0.5) is 11.5 Å². The van der Waals surface area contributed by atoms with E-state index >= 15 is 0 Å². The molecule has 84 valence electrons. The van der Waals surface area contributed by atoms with Gasteiger partial charge in [0.25, 0.3) is 0 Å². The Bertz CT molecular complexity index is 459. The Labute approximate surface area is 96.8 Å². The molecule has 16 heavy (non-hydrogen) atoms. The molecule has 7 heteroatoms. The van der Waals surface area contributed by atoms with Crippen LogP contribution in [0.3, 0.4) is 0 Å². The first-order chi connectivity index (χ1) is 7.75. The molecule has 0 unspecified atom stereocenters. The van der Waals surface area contributed by atoms with Crippen molar-refractivity contribution in [2.24, 2.45) is 0 Å². The number of nitrogens with one attached hydrogen (secondary N) is 1. The lowest BCUT2D eigenvalue weighted by Gasteiger charge is -2.06. The Morgan fingerprint density at radius 2 is 2.31 bits per heavy atom. The minimum absolute atomic E-state index is 0.398. The topological polar surface area (TPSA) is 89.9 Å². The largest absolute Gasteiger partial charge is 0.396 e. The van der Waals surface area contributed by atoms with Gasteiger partial charge in [0.05, 0.1) is 5.69 Å². The van der Waals surface area contributed by atoms with Crippen LogP contribution in [-0.2, 0) is 6.42 Å². The van der Waals surface area contributed by atoms with E-state index in [9.17, 15) is 0 Å². The Morgan fingerprint density at radius 3 is 3.06 bits per heavy atom. The number of nitrogens with zero attached hydrogens (tertiary/aromatic N) is 3. The van der Waals surface area contributed by atoms with E-state index in [-0.39, 0.29) is 0 Å². The van der Waals surface area contributed by atoms with Crippen molar-refractivity contribution in [2.75, 3.05) is 17.6 Å². The highest BCUT2D eigenvalue weighted by molar-refractivity contribution is 6.29. The molecule has 0 aliphatic rings. The summed E-state index contributed by atoms with van der Waals surface area (Å²) in [6.07, 6.45) is 1.97. The number of hydrogen-bond acceptors (Lipinski definition) is 6. The highest BCUT2D eigenvalue weighted by Crippen LogP contribution is 2.17. The van der Waals surface area contributed by atoms with Crippen LogP contribution in [-0.4, -0.2) is 21.7 Å². The first-order valence-electron chi connectivity index (χ1n) is 4.67. The van der Waals surface area contributed by atoms with Crippen molar-refractivity contribution >= 4 is 23.1 Å². The van der Waals surface area contributed by atoms with E-state index in [0.717, 1.165) is 0 Å². The second kappa shape index (κ2) is 4.80. The maximum Gasteiger partial charge on any atom is 0.228 e. The van der Waals surface area contributed by atoms with Crippen LogP contribution in [0.25, 0.3) is 0 Å². The van der Waals surface area contributed by atoms with Gasteiger partial charge in [-0.05, 0) is 12.1 Å². The van der Waals surface area contributed by atoms with Crippen molar-refractivity contribution in [3.63, 3.8) is 0 Å². The normalized spacial score (nSPS) is 10.3. The maximum atomic E-state index is 5.75. The third-order valence-electron chi connectivity index (χ3n) is 1.93. The zero-order chi connectivity index (χ0) is 11.4. The van der Waals surface area contributed by atoms with Gasteiger partial charge in [-0.3, -0.25) is 0 Å². The summed E-state index contributed by atoms with van der Waals surface area (Å²) in [7, 11) is 0. The predicted molar refractivity (Wildman–Crippen MR) is 60.2 cm³/mol. The van der Waals surface area contributed by atoms with Gasteiger partial charge < -0.3 is 15.6 Å². The fourth-order valence-electron chi connectivity index (χ4n) is 1.18. The fraction of sp³-hybridized carbons (Fsp3) is 0.222. The monoisotopic (exact) mass is 239 g/mol. The highest BCUT2D eigenvalue weighted by atomic mass is 35.5. The van der Waals surface area contributed by atoms with Crippen LogP contribution in [0.15, 0.2) is 23.0 Å². The Morgan fingerprint density at radius 1 is 1.44 bits per heavy atom. The van der Waals surface area contributed by atoms with E-state index in [0.29, 0.717) is 35.5 Å². The summed E-state index contributed by atoms with van der Waals surface area (Å²) in [6.45, 7) is 0.597. The summed E-state index contributed by atoms with van der Waals surface area (Å²) >= 11 is 5.75. The quantitative estimate of drug-likeness (QED) is 0.783. The maximum absolute atomic E-state index is 5.75. The van der Waals surface area contributed by atoms with Gasteiger partial charge in [-0.2, -0.15) is 4.98 Å². The Kier molecular flexibility index (Phi) is 3.21. The number of pyridine rings is 1. The van der Waals surface area contributed by atoms with E-state index < -0.39 is 0 Å². The minimum atomic E-state index is 0.398. The molecule has 6 nitrogen and oxygen atoms in total. The lowest BCUT2D eigenvalue weighted by molar-refractivity contribution is 0.379. The molecular formula is C9H10ClN5O. The first-order valence-corrected chi connectivity index (χ1v) is 5.05. The molecule has 0 saturated heterocycles. The number of halogens is 1. The molecule has 0 aliphatic carbocycles. The molecule has 0 atom stereocenters. The molecule has 2 aromatic heterocycles. The number of aromatic nitrogens is 3. The van der Waals surface area contributed by atoms with E-state index in [2.05, 4.69) is 20.4 Å². The van der Waals surface area contributed by atoms with Crippen molar-refractivity contribution in [3.8, 4) is 0 Å². The average Bonchev–Trinajstić information content (AvgIpc) is 2.76. The molecule has 0 saturated carbocycles. The third-order valence-corrected chi connectivity index (χ3v) is 2.14. The molecule has 0 amide bonds. The molecule has 0 fully saturated rings. The van der Waals surface area contributed by atoms with Crippen LogP contribution in [0.2, 0.25) is 5.15 Å². The van der Waals surface area contributed by atoms with Crippen LogP contribution >= 0.6 is 11.6 Å². The number of hydrogen-bond donors (Lipinski definition) is 2. The second-order valence-corrected chi connectivity index (χ2v) is 3.47. The van der Waals surface area contributed by atoms with Crippen LogP contribution < -0.4 is 11.1 Å². The van der Waals surface area contributed by atoms with Crippen LogP contribution in [0, 0.1) is 0 Å². The fourth-order valence-corrected chi connectivity index (χ4v) is 1.33. The molecule has 0 aromatic carbocycles. The van der Waals surface area contributed by atoms with Crippen molar-refractivity contribution in [1.82, 2.24) is 15.1 Å². The van der Waals surface area contributed by atoms with Gasteiger partial charge in [0.2, 0.25) is 5.89 Å². The molecule has 0 bridgehead atoms. The number of nitrogens with two attached hydrogens (primary N) is 1. The first kappa shape index (κ1) is 10.7. The highest BCUT2D eigenvalue weighted by Gasteiger charge is 2.03. The van der Waals surface area contributed by atoms with E-state index in [4.69, 9.17) is 21.9 Å². The minimum Gasteiger partial charge on any atom is -0.396 e. The summed E-state index contributed by atoms with van der Waals surface area (Å²) < 4.78 is 4.85. The molecule has 2 rings (SSSR count). The zero-order valence-corrected chi connectivity index (χ0v) is 9.11. The van der Waals surface area contributed by atoms with Crippen molar-refractivity contribution in [3.05, 3.63) is 29.5 Å². The van der Waals surface area contributed by atoms with Gasteiger partial charge in [-0.15, -0.1) is 0 Å². The van der Waals surface area contributed by atoms with E-state index in [1.165, 1.54) is 6.33 Å². The number of anilines is 2. The molecular weight excluding hydrogens is 230 g/mol. The van der Waals surface area contributed by atoms with Crippen LogP contribution in [0.1, 0.15) is 5.89 Å². The summed E-state index contributed by atoms with van der Waals surface area (Å²) in [5, 5.41) is 6.95. The zero-order valence-electron chi connectivity index (χ0n) is 8.35. The molecule has 0 aliphatic heterocycles. The predicted octanol–water partition coefficient (Wildman–Crippen LogP) is 1.35. The lowest BCUT2D eigenvalue weighted by Crippen LogP contribution is -2.08. The van der Waals surface area contributed by atoms with Gasteiger partial charge >= 0.3 is 0 Å². The van der Waals surface area contributed by atoms with Gasteiger partial charge in [0, 0.05) is 13.0 Å². The SMILES string of the molecule is Nc1ccc(Cl)nc1NCCc1ncno1. The van der Waals surface area contributed by atoms with Gasteiger partial charge in [-0.1, -0.05) is 16.8 Å². The Balaban J connectivity index is 1.92. The standard InChI is InChI=1S/C9H10ClN5O/c10-7-2-1-6(11)9(15-7)12-4-3-8-13-5-14-16-8/h1-2,5H,3-4,11H2,(H,12,15). The van der Waals surface area contributed by atoms with Crippen LogP contribution in [0.5, 0.6) is 0 Å². The summed E-state index contributed by atoms with van der Waals surface area (Å²) in [6, 6.07) is 3.34. The smallest absolute Gasteiger partial charge is 0.228 e. The van der Waals surface area contributed by atoms with E-state index in [1.807, 2.05) is 0 Å². The van der Waals surface area contributed by atoms with Gasteiger partial charge in [0.15, 0.2) is 12.1 Å². The van der Waals surface area contributed by atoms with Crippen molar-refractivity contribution < 1.29 is 4.52 Å². The molecule has 0 spiro atoms. The molecule has 3 N–H and O–H groups in total. The summed E-state index contributed by atoms with van der Waals surface area (Å²) in [4.78, 5) is 7.95.